The van der Waals surface area contributed by atoms with E-state index in [0.717, 1.165) is 12.1 Å². The zero-order valence-electron chi connectivity index (χ0n) is 39.6. The van der Waals surface area contributed by atoms with Crippen LogP contribution in [0.15, 0.2) is 62.6 Å². The molecule has 2 aromatic heterocycles. The first-order chi connectivity index (χ1) is 33.8. The minimum absolute atomic E-state index is 0.0464. The van der Waals surface area contributed by atoms with E-state index in [1.807, 2.05) is 0 Å². The zero-order chi connectivity index (χ0) is 52.6. The lowest BCUT2D eigenvalue weighted by molar-refractivity contribution is -0.593. The number of nitrogens with one attached hydrogen (secondary N) is 2. The number of methoxy groups -OCH3 is 2. The number of aromatic nitrogens is 1. The maximum atomic E-state index is 14.5. The lowest BCUT2D eigenvalue weighted by atomic mass is 9.82. The molecule has 0 saturated carbocycles. The summed E-state index contributed by atoms with van der Waals surface area (Å²) >= 11 is 0. The molecule has 2 aromatic carbocycles. The number of carbonyl (C=O) groups excluding carboxylic acids is 6. The van der Waals surface area contributed by atoms with Crippen LogP contribution in [0.4, 0.5) is 5.69 Å². The number of phenolic OH excluding ortho intramolecular Hbond substituents is 1. The van der Waals surface area contributed by atoms with Gasteiger partial charge in [0.2, 0.25) is 23.6 Å². The van der Waals surface area contributed by atoms with Crippen LogP contribution in [0.25, 0.3) is 11.0 Å². The van der Waals surface area contributed by atoms with Crippen LogP contribution in [-0.4, -0.2) is 128 Å². The first-order valence-electron chi connectivity index (χ1n) is 22.0. The third kappa shape index (κ3) is 8.21. The number of nitro groups is 1. The molecule has 1 fully saturated rings. The second kappa shape index (κ2) is 18.2. The molecule has 24 nitrogen and oxygen atoms in total. The molecule has 0 unspecified atom stereocenters. The summed E-state index contributed by atoms with van der Waals surface area (Å²) < 4.78 is 39.3. The van der Waals surface area contributed by atoms with Crippen LogP contribution in [0.5, 0.6) is 28.7 Å². The number of phenols is 1. The van der Waals surface area contributed by atoms with E-state index in [4.69, 9.17) is 32.8 Å². The van der Waals surface area contributed by atoms with Crippen molar-refractivity contribution in [3.63, 3.8) is 0 Å². The maximum absolute atomic E-state index is 14.5. The van der Waals surface area contributed by atoms with Gasteiger partial charge in [0.15, 0.2) is 58.0 Å². The number of aliphatic hydroxyl groups is 1. The van der Waals surface area contributed by atoms with E-state index in [1.54, 1.807) is 0 Å². The minimum atomic E-state index is -2.40. The lowest BCUT2D eigenvalue weighted by Crippen LogP contribution is -2.60. The SMILES string of the molecule is COc1ccc2c(O)c(NC(=O)c3cc(O[C@@H]4C[C@@](C)([N+](=O)[O-])[C@H](OC)[C@H](C)O4)c(O)c(C(=O)O[C@@H]4[C@H](O)C(=O)[C@@]5(C)CNC6=C(O5)C(=O)c5c(cc(C)c(O)c5C(=O)C(C)=C[C@@H]4C)C6=O)n3)c(=O)oc2c1. The molecule has 4 aromatic rings. The van der Waals surface area contributed by atoms with Crippen molar-refractivity contribution >= 4 is 51.7 Å². The van der Waals surface area contributed by atoms with Gasteiger partial charge in [-0.1, -0.05) is 13.0 Å². The van der Waals surface area contributed by atoms with Gasteiger partial charge in [0, 0.05) is 42.6 Å². The molecule has 5 heterocycles. The molecule has 4 aliphatic rings. The fourth-order valence-corrected chi connectivity index (χ4v) is 9.28. The molecule has 8 rings (SSSR count). The Morgan fingerprint density at radius 1 is 0.958 bits per heavy atom. The van der Waals surface area contributed by atoms with E-state index in [-0.39, 0.29) is 39.1 Å². The highest BCUT2D eigenvalue weighted by Crippen LogP contribution is 2.42. The molecule has 24 heteroatoms. The molecule has 8 atom stereocenters. The van der Waals surface area contributed by atoms with Crippen molar-refractivity contribution in [1.82, 2.24) is 10.3 Å². The number of ketones is 4. The Labute approximate surface area is 406 Å². The molecule has 0 spiro atoms. The number of esters is 1. The Morgan fingerprint density at radius 3 is 2.33 bits per heavy atom. The Bertz CT molecular complexity index is 3210. The van der Waals surface area contributed by atoms with Crippen molar-refractivity contribution in [3.05, 3.63) is 108 Å². The van der Waals surface area contributed by atoms with Crippen molar-refractivity contribution < 1.29 is 87.0 Å². The number of pyridine rings is 1. The molecule has 1 amide bonds. The second-order valence-electron chi connectivity index (χ2n) is 18.1. The Hall–Kier alpha value is -8.22. The van der Waals surface area contributed by atoms with Crippen LogP contribution in [0.1, 0.15) is 98.7 Å². The fourth-order valence-electron chi connectivity index (χ4n) is 9.28. The number of hydrogen-bond donors (Lipinski definition) is 6. The Morgan fingerprint density at radius 2 is 1.67 bits per heavy atom. The Balaban J connectivity index is 1.22. The molecule has 3 bridgehead atoms. The van der Waals surface area contributed by atoms with Crippen LogP contribution in [0, 0.1) is 23.0 Å². The summed E-state index contributed by atoms with van der Waals surface area (Å²) in [4.78, 5) is 114. The number of fused-ring (bicyclic) bond motifs is 2. The molecule has 3 aliphatic heterocycles. The highest BCUT2D eigenvalue weighted by Gasteiger charge is 2.56. The number of nitrogens with zero attached hydrogens (tertiary/aromatic N) is 2. The maximum Gasteiger partial charge on any atom is 0.364 e. The minimum Gasteiger partial charge on any atom is -0.507 e. The number of rotatable bonds is 9. The van der Waals surface area contributed by atoms with Crippen molar-refractivity contribution in [2.75, 3.05) is 26.1 Å². The van der Waals surface area contributed by atoms with Gasteiger partial charge in [-0.2, -0.15) is 0 Å². The predicted molar refractivity (Wildman–Crippen MR) is 244 cm³/mol. The molecule has 1 saturated heterocycles. The summed E-state index contributed by atoms with van der Waals surface area (Å²) in [7, 11) is 2.59. The topological polar surface area (TPSA) is 349 Å². The zero-order valence-corrected chi connectivity index (χ0v) is 39.6. The van der Waals surface area contributed by atoms with Gasteiger partial charge >= 0.3 is 11.6 Å². The van der Waals surface area contributed by atoms with Crippen molar-refractivity contribution in [3.8, 4) is 28.7 Å². The van der Waals surface area contributed by atoms with E-state index >= 15 is 0 Å². The van der Waals surface area contributed by atoms with Gasteiger partial charge in [-0.3, -0.25) is 34.1 Å². The number of ether oxygens (including phenoxy) is 6. The molecule has 6 N–H and O–H groups in total. The van der Waals surface area contributed by atoms with Crippen LogP contribution < -0.4 is 25.7 Å². The van der Waals surface area contributed by atoms with Gasteiger partial charge < -0.3 is 63.9 Å². The average Bonchev–Trinajstić information content (AvgIpc) is 3.33. The number of benzene rings is 2. The third-order valence-corrected chi connectivity index (χ3v) is 13.1. The van der Waals surface area contributed by atoms with Crippen LogP contribution in [0.2, 0.25) is 0 Å². The van der Waals surface area contributed by atoms with Crippen LogP contribution in [0.3, 0.4) is 0 Å². The van der Waals surface area contributed by atoms with Gasteiger partial charge in [-0.05, 0) is 57.0 Å². The first-order valence-corrected chi connectivity index (χ1v) is 22.0. The monoisotopic (exact) mass is 998 g/mol. The lowest BCUT2D eigenvalue weighted by Gasteiger charge is -2.40. The molecule has 1 aliphatic carbocycles. The largest absolute Gasteiger partial charge is 0.507 e. The average molecular weight is 999 g/mol. The van der Waals surface area contributed by atoms with Gasteiger partial charge in [-0.15, -0.1) is 0 Å². The van der Waals surface area contributed by atoms with Crippen LogP contribution >= 0.6 is 0 Å². The molecule has 72 heavy (non-hydrogen) atoms. The summed E-state index contributed by atoms with van der Waals surface area (Å²) in [6.45, 7) is 7.34. The number of allylic oxidation sites excluding steroid dienone is 3. The number of aromatic hydroxyl groups is 3. The number of anilines is 1. The van der Waals surface area contributed by atoms with Crippen molar-refractivity contribution in [1.29, 1.82) is 0 Å². The molecular weight excluding hydrogens is 953 g/mol. The van der Waals surface area contributed by atoms with E-state index in [9.17, 15) is 64.1 Å². The number of Topliss-reactive ketones (excluding diaryl/α,β-unsaturated/α-hetero) is 4. The van der Waals surface area contributed by atoms with Crippen LogP contribution in [-0.2, 0) is 23.7 Å². The van der Waals surface area contributed by atoms with Gasteiger partial charge in [0.05, 0.1) is 42.7 Å². The number of hydrogen-bond acceptors (Lipinski definition) is 22. The van der Waals surface area contributed by atoms with E-state index in [2.05, 4.69) is 15.6 Å². The summed E-state index contributed by atoms with van der Waals surface area (Å²) in [5, 5.41) is 63.2. The summed E-state index contributed by atoms with van der Waals surface area (Å²) in [5.41, 5.74) is -10.0. The van der Waals surface area contributed by atoms with Crippen molar-refractivity contribution in [2.45, 2.75) is 89.8 Å². The highest BCUT2D eigenvalue weighted by atomic mass is 16.7. The van der Waals surface area contributed by atoms with E-state index in [1.165, 1.54) is 80.0 Å². The number of carbonyl (C=O) groups is 6. The first kappa shape index (κ1) is 50.2. The fraction of sp³-hybridized carbons (Fsp3) is 0.375. The van der Waals surface area contributed by atoms with Gasteiger partial charge in [-0.25, -0.2) is 14.6 Å². The number of aliphatic hydroxyl groups excluding tert-OH is 1. The normalized spacial score (nSPS) is 26.1. The highest BCUT2D eigenvalue weighted by molar-refractivity contribution is 6.31. The third-order valence-electron chi connectivity index (χ3n) is 13.1. The van der Waals surface area contributed by atoms with E-state index in [0.29, 0.717) is 0 Å². The van der Waals surface area contributed by atoms with E-state index < -0.39 is 163 Å². The smallest absolute Gasteiger partial charge is 0.364 e. The number of amides is 1. The summed E-state index contributed by atoms with van der Waals surface area (Å²) in [6.07, 6.45) is -7.53. The summed E-state index contributed by atoms with van der Waals surface area (Å²) in [5.74, 6) is -12.1. The second-order valence-corrected chi connectivity index (χ2v) is 18.1. The van der Waals surface area contributed by atoms with Gasteiger partial charge in [0.25, 0.3) is 11.4 Å². The predicted octanol–water partition coefficient (Wildman–Crippen LogP) is 3.34. The number of aryl methyl sites for hydroxylation is 1. The molecular formula is C48H46N4O20. The van der Waals surface area contributed by atoms with Crippen molar-refractivity contribution in [2.24, 2.45) is 5.92 Å². The summed E-state index contributed by atoms with van der Waals surface area (Å²) in [6, 6.07) is 6.06. The van der Waals surface area contributed by atoms with Gasteiger partial charge in [0.1, 0.15) is 34.6 Å². The quantitative estimate of drug-likeness (QED) is 0.0606. The Kier molecular flexibility index (Phi) is 12.7. The molecule has 378 valence electrons. The molecule has 0 radical (unpaired) electrons. The standard InChI is InChI=1S/C48H46N4O20/c1-17-11-19(3)40(39(59)42(60)48(6)16-49-30-36(56)23-12-18(2)34(54)29(33(17)53)28(23)38(58)41(30)72-48)71-46(63)32-37(57)26(69-27-15-47(5,52(64)65)43(67-8)20(4)68-27)14-24(50-32)44(61)51-31-35(55)22-10-9-21(66-7)13-25(22)70-45(31)62/h9-14,19-20,27,39-40,43,49,54-55,57,59H,15-16H2,1-8H3,(H,51,61)/t19-,20-,27+,39-,40-,43+,47+,48+/m0/s1.